The van der Waals surface area contributed by atoms with Crippen LogP contribution >= 0.6 is 0 Å². The Hall–Kier alpha value is -1.93. The van der Waals surface area contributed by atoms with E-state index in [1.165, 1.54) is 12.4 Å². The molecule has 3 rings (SSSR count). The van der Waals surface area contributed by atoms with Gasteiger partial charge in [-0.1, -0.05) is 19.1 Å². The van der Waals surface area contributed by atoms with Crippen LogP contribution in [-0.4, -0.2) is 62.2 Å². The summed E-state index contributed by atoms with van der Waals surface area (Å²) in [5.74, 6) is -0.235. The average Bonchev–Trinajstić information content (AvgIpc) is 2.57. The largest absolute Gasteiger partial charge is 0.375 e. The second kappa shape index (κ2) is 6.29. The molecule has 7 nitrogen and oxygen atoms in total. The average molecular weight is 337 g/mol. The Labute approximate surface area is 135 Å². The number of fused-ring (bicyclic) bond motifs is 1. The molecular formula is C15H19N3O4S. The van der Waals surface area contributed by atoms with E-state index in [-0.39, 0.29) is 23.5 Å². The topological polar surface area (TPSA) is 79.3 Å². The molecule has 8 heteroatoms. The van der Waals surface area contributed by atoms with Crippen LogP contribution in [0.3, 0.4) is 0 Å². The van der Waals surface area contributed by atoms with Gasteiger partial charge in [0.2, 0.25) is 5.91 Å². The number of hydrogen-bond acceptors (Lipinski definition) is 5. The normalized spacial score (nSPS) is 22.7. The first-order valence-corrected chi connectivity index (χ1v) is 9.01. The van der Waals surface area contributed by atoms with Crippen LogP contribution in [-0.2, 0) is 19.6 Å². The number of carbonyl (C=O) groups excluding carboxylic acids is 1. The van der Waals surface area contributed by atoms with E-state index in [0.717, 1.165) is 10.7 Å². The van der Waals surface area contributed by atoms with Crippen molar-refractivity contribution in [3.8, 4) is 0 Å². The number of hydrogen-bond donors (Lipinski definition) is 0. The van der Waals surface area contributed by atoms with Gasteiger partial charge < -0.3 is 9.64 Å². The second-order valence-electron chi connectivity index (χ2n) is 5.50. The molecule has 2 aliphatic heterocycles. The zero-order valence-electron chi connectivity index (χ0n) is 12.9. The minimum absolute atomic E-state index is 0.0139. The van der Waals surface area contributed by atoms with E-state index in [0.29, 0.717) is 25.4 Å². The van der Waals surface area contributed by atoms with Gasteiger partial charge >= 0.3 is 0 Å². The van der Waals surface area contributed by atoms with Crippen LogP contribution in [0.1, 0.15) is 13.3 Å². The number of para-hydroxylation sites is 1. The summed E-state index contributed by atoms with van der Waals surface area (Å²) >= 11 is 0. The third-order valence-electron chi connectivity index (χ3n) is 4.02. The summed E-state index contributed by atoms with van der Waals surface area (Å²) in [6.45, 7) is 3.22. The molecule has 2 aliphatic rings. The van der Waals surface area contributed by atoms with Gasteiger partial charge in [0.05, 0.1) is 18.4 Å². The number of benzene rings is 1. The summed E-state index contributed by atoms with van der Waals surface area (Å²) in [5.41, 5.74) is 0.397. The van der Waals surface area contributed by atoms with Crippen LogP contribution in [0.5, 0.6) is 0 Å². The molecule has 0 saturated carbocycles. The Balaban J connectivity index is 1.75. The predicted molar refractivity (Wildman–Crippen MR) is 85.1 cm³/mol. The summed E-state index contributed by atoms with van der Waals surface area (Å²) < 4.78 is 31.7. The summed E-state index contributed by atoms with van der Waals surface area (Å²) in [6.07, 6.45) is 2.05. The van der Waals surface area contributed by atoms with Crippen molar-refractivity contribution in [3.63, 3.8) is 0 Å². The van der Waals surface area contributed by atoms with Gasteiger partial charge in [0, 0.05) is 13.1 Å². The molecule has 1 aromatic carbocycles. The molecule has 23 heavy (non-hydrogen) atoms. The van der Waals surface area contributed by atoms with Crippen LogP contribution in [0, 0.1) is 0 Å². The van der Waals surface area contributed by atoms with E-state index in [4.69, 9.17) is 4.74 Å². The molecule has 1 saturated heterocycles. The lowest BCUT2D eigenvalue weighted by atomic mass is 10.2. The van der Waals surface area contributed by atoms with Crippen molar-refractivity contribution >= 4 is 28.0 Å². The number of morpholine rings is 1. The van der Waals surface area contributed by atoms with Crippen molar-refractivity contribution in [2.24, 2.45) is 4.99 Å². The fourth-order valence-electron chi connectivity index (χ4n) is 2.65. The Bertz CT molecular complexity index is 732. The Morgan fingerprint density at radius 3 is 2.96 bits per heavy atom. The van der Waals surface area contributed by atoms with Crippen molar-refractivity contribution in [2.45, 2.75) is 24.3 Å². The van der Waals surface area contributed by atoms with Crippen LogP contribution in [0.25, 0.3) is 0 Å². The number of nitrogens with zero attached hydrogens (tertiary/aromatic N) is 3. The highest BCUT2D eigenvalue weighted by molar-refractivity contribution is 7.89. The van der Waals surface area contributed by atoms with Gasteiger partial charge in [-0.2, -0.15) is 0 Å². The number of sulfonamides is 1. The predicted octanol–water partition coefficient (Wildman–Crippen LogP) is 0.988. The van der Waals surface area contributed by atoms with Gasteiger partial charge in [-0.3, -0.25) is 4.79 Å². The molecule has 2 heterocycles. The number of aliphatic imine (C=N–C) groups is 1. The summed E-state index contributed by atoms with van der Waals surface area (Å²) in [7, 11) is -3.73. The molecule has 0 radical (unpaired) electrons. The monoisotopic (exact) mass is 337 g/mol. The van der Waals surface area contributed by atoms with Crippen LogP contribution < -0.4 is 0 Å². The lowest BCUT2D eigenvalue weighted by Crippen LogP contribution is -2.49. The zero-order valence-corrected chi connectivity index (χ0v) is 13.7. The Morgan fingerprint density at radius 1 is 1.39 bits per heavy atom. The van der Waals surface area contributed by atoms with Gasteiger partial charge in [-0.25, -0.2) is 17.7 Å². The first-order valence-electron chi connectivity index (χ1n) is 7.57. The minimum Gasteiger partial charge on any atom is -0.375 e. The quantitative estimate of drug-likeness (QED) is 0.824. The number of rotatable bonds is 3. The van der Waals surface area contributed by atoms with Gasteiger partial charge in [0.15, 0.2) is 0 Å². The lowest BCUT2D eigenvalue weighted by molar-refractivity contribution is -0.138. The summed E-state index contributed by atoms with van der Waals surface area (Å²) in [5, 5.41) is 0. The van der Waals surface area contributed by atoms with Crippen molar-refractivity contribution in [1.29, 1.82) is 0 Å². The maximum atomic E-state index is 12.6. The lowest BCUT2D eigenvalue weighted by Gasteiger charge is -2.34. The van der Waals surface area contributed by atoms with Crippen molar-refractivity contribution in [1.82, 2.24) is 9.21 Å². The van der Waals surface area contributed by atoms with E-state index < -0.39 is 10.0 Å². The smallest absolute Gasteiger partial charge is 0.267 e. The molecule has 0 N–H and O–H groups in total. The number of amides is 1. The van der Waals surface area contributed by atoms with Crippen molar-refractivity contribution in [2.75, 3.05) is 26.2 Å². The van der Waals surface area contributed by atoms with E-state index in [1.807, 2.05) is 6.92 Å². The molecule has 1 aromatic rings. The van der Waals surface area contributed by atoms with Crippen LogP contribution in [0.2, 0.25) is 0 Å². The number of carbonyl (C=O) groups is 1. The molecule has 0 aromatic heterocycles. The molecule has 0 spiro atoms. The fourth-order valence-corrected chi connectivity index (χ4v) is 3.99. The molecular weight excluding hydrogens is 318 g/mol. The van der Waals surface area contributed by atoms with E-state index in [2.05, 4.69) is 4.99 Å². The molecule has 1 fully saturated rings. The van der Waals surface area contributed by atoms with Gasteiger partial charge in [-0.15, -0.1) is 0 Å². The second-order valence-corrected chi connectivity index (χ2v) is 7.36. The highest BCUT2D eigenvalue weighted by atomic mass is 32.2. The van der Waals surface area contributed by atoms with Crippen molar-refractivity contribution < 1.29 is 17.9 Å². The van der Waals surface area contributed by atoms with E-state index in [9.17, 15) is 13.2 Å². The number of ether oxygens (including phenoxy) is 1. The van der Waals surface area contributed by atoms with Crippen molar-refractivity contribution in [3.05, 3.63) is 24.3 Å². The van der Waals surface area contributed by atoms with Crippen LogP contribution in [0.15, 0.2) is 34.2 Å². The highest BCUT2D eigenvalue weighted by Gasteiger charge is 2.32. The summed E-state index contributed by atoms with van der Waals surface area (Å²) in [6, 6.07) is 6.51. The Kier molecular flexibility index (Phi) is 4.36. The summed E-state index contributed by atoms with van der Waals surface area (Å²) in [4.78, 5) is 18.3. The van der Waals surface area contributed by atoms with Gasteiger partial charge in [-0.05, 0) is 18.6 Å². The SMILES string of the molecule is CC[C@@H]1CN(C(=O)CN2C=Nc3ccccc3S2(=O)=O)CCO1. The first-order chi connectivity index (χ1) is 11.0. The zero-order chi connectivity index (χ0) is 16.4. The highest BCUT2D eigenvalue weighted by Crippen LogP contribution is 2.29. The maximum Gasteiger partial charge on any atom is 0.267 e. The first kappa shape index (κ1) is 15.9. The minimum atomic E-state index is -3.73. The molecule has 0 aliphatic carbocycles. The van der Waals surface area contributed by atoms with Gasteiger partial charge in [0.1, 0.15) is 17.8 Å². The van der Waals surface area contributed by atoms with Gasteiger partial charge in [0.25, 0.3) is 10.0 Å². The maximum absolute atomic E-state index is 12.6. The fraction of sp³-hybridized carbons (Fsp3) is 0.467. The third kappa shape index (κ3) is 3.09. The standard InChI is InChI=1S/C15H19N3O4S/c1-2-12-9-17(7-8-22-12)15(19)10-18-11-16-13-5-3-4-6-14(13)23(18,20)21/h3-6,11-12H,2,7-10H2,1H3/t12-/m1/s1. The van der Waals surface area contributed by atoms with Crippen LogP contribution in [0.4, 0.5) is 5.69 Å². The molecule has 1 atom stereocenters. The molecule has 0 bridgehead atoms. The third-order valence-corrected chi connectivity index (χ3v) is 5.76. The van der Waals surface area contributed by atoms with E-state index in [1.54, 1.807) is 23.1 Å². The molecule has 0 unspecified atom stereocenters. The Morgan fingerprint density at radius 2 is 2.17 bits per heavy atom. The molecule has 1 amide bonds. The molecule has 124 valence electrons. The van der Waals surface area contributed by atoms with E-state index >= 15 is 0 Å².